The summed E-state index contributed by atoms with van der Waals surface area (Å²) in [6.07, 6.45) is 4.80. The highest BCUT2D eigenvalue weighted by atomic mass is 16.1. The highest BCUT2D eigenvalue weighted by Crippen LogP contribution is 2.40. The first kappa shape index (κ1) is 14.9. The van der Waals surface area contributed by atoms with Gasteiger partial charge in [0.2, 0.25) is 0 Å². The van der Waals surface area contributed by atoms with Crippen LogP contribution >= 0.6 is 0 Å². The van der Waals surface area contributed by atoms with Gasteiger partial charge in [-0.15, -0.1) is 0 Å². The molecule has 2 aromatic rings. The lowest BCUT2D eigenvalue weighted by Gasteiger charge is -2.30. The number of amides is 1. The van der Waals surface area contributed by atoms with Crippen molar-refractivity contribution in [2.45, 2.75) is 38.0 Å². The molecule has 1 aliphatic rings. The molecular weight excluding hydrogens is 272 g/mol. The summed E-state index contributed by atoms with van der Waals surface area (Å²) in [5.74, 6) is 0.0257. The summed E-state index contributed by atoms with van der Waals surface area (Å²) in [4.78, 5) is 12.5. The fraction of sp³-hybridized carbons (Fsp3) is 0.421. The molecule has 3 heteroatoms. The Morgan fingerprint density at radius 2 is 1.82 bits per heavy atom. The van der Waals surface area contributed by atoms with Crippen molar-refractivity contribution in [2.75, 3.05) is 6.54 Å². The Morgan fingerprint density at radius 1 is 1.14 bits per heavy atom. The van der Waals surface area contributed by atoms with Gasteiger partial charge in [-0.25, -0.2) is 0 Å². The Labute approximate surface area is 132 Å². The largest absolute Gasteiger partial charge is 0.350 e. The lowest BCUT2D eigenvalue weighted by Crippen LogP contribution is -2.39. The van der Waals surface area contributed by atoms with Crippen LogP contribution in [0.2, 0.25) is 0 Å². The van der Waals surface area contributed by atoms with Crippen LogP contribution in [-0.4, -0.2) is 17.0 Å². The third-order valence-corrected chi connectivity index (χ3v) is 5.14. The van der Waals surface area contributed by atoms with E-state index < -0.39 is 0 Å². The first-order valence-corrected chi connectivity index (χ1v) is 8.08. The zero-order valence-electron chi connectivity index (χ0n) is 13.4. The number of nitrogens with zero attached hydrogens (tertiary/aromatic N) is 1. The van der Waals surface area contributed by atoms with Crippen LogP contribution in [0.5, 0.6) is 0 Å². The number of aromatic nitrogens is 1. The highest BCUT2D eigenvalue weighted by molar-refractivity contribution is 5.93. The van der Waals surface area contributed by atoms with E-state index in [1.807, 2.05) is 30.7 Å². The third kappa shape index (κ3) is 2.68. The zero-order valence-corrected chi connectivity index (χ0v) is 13.4. The Bertz CT molecular complexity index is 651. The number of hydrogen-bond acceptors (Lipinski definition) is 1. The van der Waals surface area contributed by atoms with Gasteiger partial charge < -0.3 is 9.88 Å². The van der Waals surface area contributed by atoms with Gasteiger partial charge in [0.05, 0.1) is 0 Å². The van der Waals surface area contributed by atoms with Gasteiger partial charge in [-0.1, -0.05) is 43.2 Å². The van der Waals surface area contributed by atoms with Crippen LogP contribution in [-0.2, 0) is 12.5 Å². The summed E-state index contributed by atoms with van der Waals surface area (Å²) < 4.78 is 1.94. The molecule has 1 aromatic heterocycles. The second kappa shape index (κ2) is 5.99. The molecule has 22 heavy (non-hydrogen) atoms. The summed E-state index contributed by atoms with van der Waals surface area (Å²) in [5.41, 5.74) is 3.30. The van der Waals surface area contributed by atoms with Gasteiger partial charge in [-0.3, -0.25) is 4.79 Å². The zero-order chi connectivity index (χ0) is 15.6. The lowest BCUT2D eigenvalue weighted by molar-refractivity contribution is 0.0934. The van der Waals surface area contributed by atoms with Gasteiger partial charge >= 0.3 is 0 Å². The standard InChI is InChI=1S/C19H24N2O/c1-15-10-11-17(21(15)2)18(22)20-14-19(12-6-7-13-19)16-8-4-3-5-9-16/h3-5,8-11H,6-7,12-14H2,1-2H3,(H,20,22). The number of carbonyl (C=O) groups excluding carboxylic acids is 1. The molecule has 116 valence electrons. The summed E-state index contributed by atoms with van der Waals surface area (Å²) >= 11 is 0. The van der Waals surface area contributed by atoms with E-state index >= 15 is 0 Å². The molecule has 3 nitrogen and oxygen atoms in total. The molecule has 0 spiro atoms. The molecule has 0 radical (unpaired) electrons. The monoisotopic (exact) mass is 296 g/mol. The van der Waals surface area contributed by atoms with E-state index in [9.17, 15) is 4.79 Å². The van der Waals surface area contributed by atoms with Gasteiger partial charge in [0, 0.05) is 24.7 Å². The molecule has 0 aliphatic heterocycles. The Hall–Kier alpha value is -2.03. The predicted molar refractivity (Wildman–Crippen MR) is 89.1 cm³/mol. The van der Waals surface area contributed by atoms with E-state index in [4.69, 9.17) is 0 Å². The van der Waals surface area contributed by atoms with Gasteiger partial charge in [-0.2, -0.15) is 0 Å². The molecule has 0 unspecified atom stereocenters. The van der Waals surface area contributed by atoms with Crippen LogP contribution in [0.25, 0.3) is 0 Å². The first-order chi connectivity index (χ1) is 10.6. The van der Waals surface area contributed by atoms with Crippen molar-refractivity contribution in [3.63, 3.8) is 0 Å². The van der Waals surface area contributed by atoms with Crippen LogP contribution in [0.4, 0.5) is 0 Å². The molecule has 1 aromatic carbocycles. The van der Waals surface area contributed by atoms with Crippen LogP contribution in [0.3, 0.4) is 0 Å². The fourth-order valence-corrected chi connectivity index (χ4v) is 3.59. The molecule has 1 fully saturated rings. The average molecular weight is 296 g/mol. The average Bonchev–Trinajstić information content (AvgIpc) is 3.15. The molecule has 1 heterocycles. The second-order valence-corrected chi connectivity index (χ2v) is 6.46. The van der Waals surface area contributed by atoms with Crippen molar-refractivity contribution in [3.8, 4) is 0 Å². The van der Waals surface area contributed by atoms with E-state index in [-0.39, 0.29) is 11.3 Å². The molecule has 0 saturated heterocycles. The Morgan fingerprint density at radius 3 is 2.41 bits per heavy atom. The van der Waals surface area contributed by atoms with Crippen LogP contribution < -0.4 is 5.32 Å². The third-order valence-electron chi connectivity index (χ3n) is 5.14. The van der Waals surface area contributed by atoms with Crippen LogP contribution in [0, 0.1) is 6.92 Å². The van der Waals surface area contributed by atoms with Crippen molar-refractivity contribution < 1.29 is 4.79 Å². The topological polar surface area (TPSA) is 34.0 Å². The SMILES string of the molecule is Cc1ccc(C(=O)NCC2(c3ccccc3)CCCC2)n1C. The maximum absolute atomic E-state index is 12.5. The molecule has 0 bridgehead atoms. The molecule has 1 aliphatic carbocycles. The van der Waals surface area contributed by atoms with Crippen molar-refractivity contribution in [2.24, 2.45) is 7.05 Å². The number of carbonyl (C=O) groups is 1. The van der Waals surface area contributed by atoms with Crippen LogP contribution in [0.15, 0.2) is 42.5 Å². The lowest BCUT2D eigenvalue weighted by atomic mass is 9.79. The van der Waals surface area contributed by atoms with Crippen molar-refractivity contribution >= 4 is 5.91 Å². The number of nitrogens with one attached hydrogen (secondary N) is 1. The minimum atomic E-state index is 0.0257. The van der Waals surface area contributed by atoms with Crippen molar-refractivity contribution in [1.29, 1.82) is 0 Å². The Kier molecular flexibility index (Phi) is 4.06. The normalized spacial score (nSPS) is 16.6. The molecule has 1 N–H and O–H groups in total. The minimum Gasteiger partial charge on any atom is -0.350 e. The van der Waals surface area contributed by atoms with E-state index in [0.29, 0.717) is 0 Å². The highest BCUT2D eigenvalue weighted by Gasteiger charge is 2.35. The molecule has 1 amide bonds. The number of benzene rings is 1. The number of aryl methyl sites for hydroxylation is 1. The van der Waals surface area contributed by atoms with E-state index in [1.54, 1.807) is 0 Å². The predicted octanol–water partition coefficient (Wildman–Crippen LogP) is 3.58. The summed E-state index contributed by atoms with van der Waals surface area (Å²) in [5, 5.41) is 3.17. The van der Waals surface area contributed by atoms with E-state index in [0.717, 1.165) is 30.8 Å². The maximum Gasteiger partial charge on any atom is 0.267 e. The molecular formula is C19H24N2O. The van der Waals surface area contributed by atoms with E-state index in [2.05, 4.69) is 35.6 Å². The minimum absolute atomic E-state index is 0.0257. The summed E-state index contributed by atoms with van der Waals surface area (Å²) in [6, 6.07) is 14.5. The van der Waals surface area contributed by atoms with Gasteiger partial charge in [-0.05, 0) is 37.5 Å². The quantitative estimate of drug-likeness (QED) is 0.919. The van der Waals surface area contributed by atoms with Gasteiger partial charge in [0.15, 0.2) is 0 Å². The Balaban J connectivity index is 1.76. The number of rotatable bonds is 4. The second-order valence-electron chi connectivity index (χ2n) is 6.46. The summed E-state index contributed by atoms with van der Waals surface area (Å²) in [7, 11) is 1.94. The smallest absolute Gasteiger partial charge is 0.267 e. The summed E-state index contributed by atoms with van der Waals surface area (Å²) in [6.45, 7) is 2.74. The van der Waals surface area contributed by atoms with Crippen molar-refractivity contribution in [3.05, 3.63) is 59.4 Å². The van der Waals surface area contributed by atoms with Gasteiger partial charge in [0.1, 0.15) is 5.69 Å². The molecule has 1 saturated carbocycles. The molecule has 0 atom stereocenters. The fourth-order valence-electron chi connectivity index (χ4n) is 3.59. The molecule has 3 rings (SSSR count). The maximum atomic E-state index is 12.5. The van der Waals surface area contributed by atoms with Crippen LogP contribution in [0.1, 0.15) is 47.4 Å². The number of hydrogen-bond donors (Lipinski definition) is 1. The van der Waals surface area contributed by atoms with E-state index in [1.165, 1.54) is 18.4 Å². The van der Waals surface area contributed by atoms with Gasteiger partial charge in [0.25, 0.3) is 5.91 Å². The van der Waals surface area contributed by atoms with Crippen molar-refractivity contribution in [1.82, 2.24) is 9.88 Å². The first-order valence-electron chi connectivity index (χ1n) is 8.08.